The lowest BCUT2D eigenvalue weighted by atomic mass is 9.89. The van der Waals surface area contributed by atoms with Gasteiger partial charge in [0.1, 0.15) is 0 Å². The first-order chi connectivity index (χ1) is 7.72. The van der Waals surface area contributed by atoms with Crippen LogP contribution in [0.4, 0.5) is 0 Å². The molecule has 4 nitrogen and oxygen atoms in total. The van der Waals surface area contributed by atoms with Crippen LogP contribution in [0.3, 0.4) is 0 Å². The van der Waals surface area contributed by atoms with Gasteiger partial charge in [0, 0.05) is 24.2 Å². The first-order valence-corrected chi connectivity index (χ1v) is 6.76. The van der Waals surface area contributed by atoms with Crippen LogP contribution in [0.1, 0.15) is 26.7 Å². The molecule has 0 aromatic rings. The van der Waals surface area contributed by atoms with Gasteiger partial charge < -0.3 is 0 Å². The van der Waals surface area contributed by atoms with Gasteiger partial charge in [0.2, 0.25) is 0 Å². The third-order valence-electron chi connectivity index (χ3n) is 5.17. The molecule has 4 rings (SSSR count). The topological polar surface area (TPSA) is 48.1 Å². The van der Waals surface area contributed by atoms with Gasteiger partial charge in [-0.1, -0.05) is 0 Å². The van der Waals surface area contributed by atoms with Crippen molar-refractivity contribution in [2.24, 2.45) is 11.8 Å². The Morgan fingerprint density at radius 3 is 1.25 bits per heavy atom. The molecule has 4 N–H and O–H groups in total. The monoisotopic (exact) mass is 222 g/mol. The van der Waals surface area contributed by atoms with E-state index in [0.29, 0.717) is 12.3 Å². The third-order valence-corrected chi connectivity index (χ3v) is 5.17. The maximum atomic E-state index is 3.73. The van der Waals surface area contributed by atoms with Crippen molar-refractivity contribution in [3.05, 3.63) is 0 Å². The molecule has 0 aromatic heterocycles. The van der Waals surface area contributed by atoms with Gasteiger partial charge in [0.05, 0.1) is 12.3 Å². The summed E-state index contributed by atoms with van der Waals surface area (Å²) in [4.78, 5) is 0. The molecular formula is C12H22N4. The summed E-state index contributed by atoms with van der Waals surface area (Å²) < 4.78 is 0. The van der Waals surface area contributed by atoms with Gasteiger partial charge in [-0.15, -0.1) is 0 Å². The highest BCUT2D eigenvalue weighted by atomic mass is 15.3. The van der Waals surface area contributed by atoms with Crippen LogP contribution >= 0.6 is 0 Å². The predicted molar refractivity (Wildman–Crippen MR) is 62.8 cm³/mol. The summed E-state index contributed by atoms with van der Waals surface area (Å²) in [5.41, 5.74) is 0. The minimum Gasteiger partial charge on any atom is -0.299 e. The number of hydrogen-bond acceptors (Lipinski definition) is 4. The van der Waals surface area contributed by atoms with Crippen LogP contribution in [0, 0.1) is 11.8 Å². The second-order valence-electron chi connectivity index (χ2n) is 6.16. The molecule has 0 spiro atoms. The fourth-order valence-corrected chi connectivity index (χ4v) is 4.91. The predicted octanol–water partition coefficient (Wildman–Crippen LogP) is -0.422. The van der Waals surface area contributed by atoms with Crippen LogP contribution in [0.15, 0.2) is 0 Å². The molecule has 2 saturated heterocycles. The maximum absolute atomic E-state index is 3.73. The van der Waals surface area contributed by atoms with E-state index in [-0.39, 0.29) is 0 Å². The fraction of sp³-hybridized carbons (Fsp3) is 1.00. The maximum Gasteiger partial charge on any atom is 0.0546 e. The lowest BCUT2D eigenvalue weighted by Gasteiger charge is -2.37. The van der Waals surface area contributed by atoms with Crippen molar-refractivity contribution < 1.29 is 0 Å². The molecule has 0 radical (unpaired) electrons. The zero-order chi connectivity index (χ0) is 10.9. The van der Waals surface area contributed by atoms with E-state index in [1.165, 1.54) is 12.8 Å². The van der Waals surface area contributed by atoms with Crippen LogP contribution < -0.4 is 21.3 Å². The molecule has 0 bridgehead atoms. The smallest absolute Gasteiger partial charge is 0.0546 e. The summed E-state index contributed by atoms with van der Waals surface area (Å²) in [5, 5.41) is 14.9. The Hall–Kier alpha value is -0.160. The van der Waals surface area contributed by atoms with Crippen LogP contribution in [0.2, 0.25) is 0 Å². The van der Waals surface area contributed by atoms with Gasteiger partial charge >= 0.3 is 0 Å². The molecule has 0 aromatic carbocycles. The van der Waals surface area contributed by atoms with Crippen molar-refractivity contribution >= 4 is 0 Å². The molecule has 16 heavy (non-hydrogen) atoms. The molecule has 4 heteroatoms. The van der Waals surface area contributed by atoms with Crippen LogP contribution in [0.5, 0.6) is 0 Å². The van der Waals surface area contributed by atoms with Crippen molar-refractivity contribution in [2.45, 2.75) is 63.2 Å². The highest BCUT2D eigenvalue weighted by Crippen LogP contribution is 2.47. The zero-order valence-electron chi connectivity index (χ0n) is 10.0. The van der Waals surface area contributed by atoms with Gasteiger partial charge in [-0.05, 0) is 38.5 Å². The van der Waals surface area contributed by atoms with Gasteiger partial charge in [0.25, 0.3) is 0 Å². The highest BCUT2D eigenvalue weighted by molar-refractivity contribution is 5.16. The van der Waals surface area contributed by atoms with Gasteiger partial charge in [-0.3, -0.25) is 21.3 Å². The summed E-state index contributed by atoms with van der Waals surface area (Å²) >= 11 is 0. The summed E-state index contributed by atoms with van der Waals surface area (Å²) in [6, 6.07) is 2.95. The van der Waals surface area contributed by atoms with E-state index in [4.69, 9.17) is 0 Å². The first kappa shape index (κ1) is 9.83. The number of hydrogen-bond donors (Lipinski definition) is 4. The van der Waals surface area contributed by atoms with E-state index >= 15 is 0 Å². The average Bonchev–Trinajstić information content (AvgIpc) is 2.70. The second-order valence-corrected chi connectivity index (χ2v) is 6.16. The second kappa shape index (κ2) is 3.19. The standard InChI is InChI=1S/C12H22N4/c1-5-13-7-3-9-12-10(16-6(2)15-9)4-8(14-5)11(7)12/h5-16H,3-4H2,1-2H3/t5?,6?,7-,8+,9+,10-,11?,12?. The fourth-order valence-electron chi connectivity index (χ4n) is 4.91. The lowest BCUT2D eigenvalue weighted by molar-refractivity contribution is 0.182. The zero-order valence-corrected chi connectivity index (χ0v) is 10.0. The summed E-state index contributed by atoms with van der Waals surface area (Å²) in [5.74, 6) is 1.69. The highest BCUT2D eigenvalue weighted by Gasteiger charge is 2.58. The van der Waals surface area contributed by atoms with Crippen molar-refractivity contribution in [3.8, 4) is 0 Å². The molecule has 4 aliphatic rings. The Labute approximate surface area is 96.9 Å². The summed E-state index contributed by atoms with van der Waals surface area (Å²) in [6.07, 6.45) is 3.61. The Morgan fingerprint density at radius 2 is 0.938 bits per heavy atom. The first-order valence-electron chi connectivity index (χ1n) is 6.76. The van der Waals surface area contributed by atoms with E-state index in [9.17, 15) is 0 Å². The third kappa shape index (κ3) is 1.19. The van der Waals surface area contributed by atoms with E-state index in [1.54, 1.807) is 0 Å². The molecule has 2 aliphatic heterocycles. The lowest BCUT2D eigenvalue weighted by Crippen LogP contribution is -2.60. The molecular weight excluding hydrogens is 200 g/mol. The Kier molecular flexibility index (Phi) is 1.96. The van der Waals surface area contributed by atoms with E-state index in [0.717, 1.165) is 36.0 Å². The van der Waals surface area contributed by atoms with Crippen LogP contribution in [-0.2, 0) is 0 Å². The molecule has 4 unspecified atom stereocenters. The minimum atomic E-state index is 0.487. The van der Waals surface area contributed by atoms with E-state index in [2.05, 4.69) is 35.1 Å². The molecule has 0 amide bonds. The summed E-state index contributed by atoms with van der Waals surface area (Å²) in [7, 11) is 0. The largest absolute Gasteiger partial charge is 0.299 e. The van der Waals surface area contributed by atoms with Gasteiger partial charge in [0.15, 0.2) is 0 Å². The molecule has 2 heterocycles. The van der Waals surface area contributed by atoms with E-state index in [1.807, 2.05) is 0 Å². The van der Waals surface area contributed by atoms with Gasteiger partial charge in [-0.2, -0.15) is 0 Å². The van der Waals surface area contributed by atoms with Crippen molar-refractivity contribution in [1.82, 2.24) is 21.3 Å². The van der Waals surface area contributed by atoms with Crippen molar-refractivity contribution in [3.63, 3.8) is 0 Å². The average molecular weight is 222 g/mol. The Balaban J connectivity index is 1.68. The number of rotatable bonds is 0. The number of nitrogens with one attached hydrogen (secondary N) is 4. The molecule has 2 aliphatic carbocycles. The Morgan fingerprint density at radius 1 is 0.625 bits per heavy atom. The van der Waals surface area contributed by atoms with E-state index < -0.39 is 0 Å². The quantitative estimate of drug-likeness (QED) is 0.450. The minimum absolute atomic E-state index is 0.487. The molecule has 8 atom stereocenters. The normalized spacial score (nSPS) is 63.4. The van der Waals surface area contributed by atoms with Crippen molar-refractivity contribution in [1.29, 1.82) is 0 Å². The molecule has 90 valence electrons. The van der Waals surface area contributed by atoms with Gasteiger partial charge in [-0.25, -0.2) is 0 Å². The SMILES string of the molecule is CC1N[C@H]2C[C@H]3NC(C)N[C@H]4C[C@@H](N1)C2C43. The van der Waals surface area contributed by atoms with Crippen LogP contribution in [0.25, 0.3) is 0 Å². The summed E-state index contributed by atoms with van der Waals surface area (Å²) in [6.45, 7) is 4.50. The van der Waals surface area contributed by atoms with Crippen molar-refractivity contribution in [2.75, 3.05) is 0 Å². The molecule has 4 fully saturated rings. The van der Waals surface area contributed by atoms with Crippen LogP contribution in [-0.4, -0.2) is 36.5 Å². The molecule has 2 saturated carbocycles. The Bertz CT molecular complexity index is 253.